The van der Waals surface area contributed by atoms with Crippen molar-refractivity contribution < 1.29 is 34.5 Å². The molecule has 0 bridgehead atoms. The zero-order chi connectivity index (χ0) is 23.0. The number of aliphatic hydroxyl groups excluding tert-OH is 3. The van der Waals surface area contributed by atoms with Gasteiger partial charge in [0.25, 0.3) is 0 Å². The third-order valence-corrected chi connectivity index (χ3v) is 7.29. The van der Waals surface area contributed by atoms with E-state index in [1.54, 1.807) is 19.1 Å². The Labute approximate surface area is 187 Å². The summed E-state index contributed by atoms with van der Waals surface area (Å²) in [7, 11) is 0. The minimum Gasteiger partial charge on any atom is -0.394 e. The fourth-order valence-corrected chi connectivity index (χ4v) is 5.73. The standard InChI is InChI=1S/C23H32N2O7/c1-3-5-12-6-9-17(18(11-26)31-12)32-24-15-10-16(27)21(28)19-13(15)7-8-14-20(19)23(30)25(4-2)22(14)29/h3,6,9,12-14,16-21,26-28H,1,4-5,7-8,10-11H2,2H3/t12-,13+,14-,16-,17+,18-,19+,20-,21-/m1/s1. The summed E-state index contributed by atoms with van der Waals surface area (Å²) in [5, 5.41) is 35.3. The van der Waals surface area contributed by atoms with Crippen molar-refractivity contribution in [2.24, 2.45) is 28.8 Å². The van der Waals surface area contributed by atoms with Gasteiger partial charge in [0.2, 0.25) is 11.8 Å². The van der Waals surface area contributed by atoms with E-state index in [0.717, 1.165) is 0 Å². The minimum atomic E-state index is -1.11. The first-order valence-electron chi connectivity index (χ1n) is 11.4. The zero-order valence-corrected chi connectivity index (χ0v) is 18.2. The number of ether oxygens (including phenoxy) is 1. The Morgan fingerprint density at radius 1 is 1.25 bits per heavy atom. The molecule has 9 nitrogen and oxygen atoms in total. The Morgan fingerprint density at radius 2 is 2.00 bits per heavy atom. The van der Waals surface area contributed by atoms with Gasteiger partial charge in [-0.05, 0) is 32.3 Å². The number of hydrogen-bond donors (Lipinski definition) is 3. The van der Waals surface area contributed by atoms with Gasteiger partial charge in [-0.1, -0.05) is 17.3 Å². The molecule has 2 amide bonds. The second-order valence-corrected chi connectivity index (χ2v) is 9.03. The average molecular weight is 449 g/mol. The second kappa shape index (κ2) is 9.43. The predicted octanol–water partition coefficient (Wildman–Crippen LogP) is 0.392. The van der Waals surface area contributed by atoms with Crippen LogP contribution in [0.5, 0.6) is 0 Å². The lowest BCUT2D eigenvalue weighted by Gasteiger charge is -2.45. The van der Waals surface area contributed by atoms with Crippen molar-refractivity contribution >= 4 is 17.5 Å². The number of carbonyl (C=O) groups excluding carboxylic acids is 2. The average Bonchev–Trinajstić information content (AvgIpc) is 3.04. The highest BCUT2D eigenvalue weighted by Crippen LogP contribution is 2.49. The normalized spacial score (nSPS) is 42.7. The van der Waals surface area contributed by atoms with E-state index in [2.05, 4.69) is 11.7 Å². The van der Waals surface area contributed by atoms with Crippen LogP contribution >= 0.6 is 0 Å². The first-order chi connectivity index (χ1) is 15.4. The molecule has 9 heteroatoms. The maximum Gasteiger partial charge on any atom is 0.233 e. The lowest BCUT2D eigenvalue weighted by molar-refractivity contribution is -0.141. The number of aliphatic hydroxyl groups is 3. The van der Waals surface area contributed by atoms with Crippen molar-refractivity contribution in [3.05, 3.63) is 24.8 Å². The van der Waals surface area contributed by atoms with E-state index in [4.69, 9.17) is 9.57 Å². The van der Waals surface area contributed by atoms with Crippen LogP contribution in [0.3, 0.4) is 0 Å². The first-order valence-corrected chi connectivity index (χ1v) is 11.4. The minimum absolute atomic E-state index is 0.125. The molecule has 3 N–H and O–H groups in total. The summed E-state index contributed by atoms with van der Waals surface area (Å²) in [5.74, 6) is -2.43. The number of carbonyl (C=O) groups is 2. The van der Waals surface area contributed by atoms with Crippen LogP contribution in [0.1, 0.15) is 32.6 Å². The summed E-state index contributed by atoms with van der Waals surface area (Å²) < 4.78 is 5.80. The molecule has 0 aromatic rings. The number of rotatable bonds is 6. The molecular weight excluding hydrogens is 416 g/mol. The highest BCUT2D eigenvalue weighted by molar-refractivity contribution is 6.06. The molecule has 0 aromatic heterocycles. The molecule has 0 spiro atoms. The van der Waals surface area contributed by atoms with Crippen LogP contribution in [-0.2, 0) is 19.2 Å². The number of likely N-dealkylation sites (tertiary alicyclic amines) is 1. The van der Waals surface area contributed by atoms with Gasteiger partial charge in [0.05, 0.1) is 42.5 Å². The summed E-state index contributed by atoms with van der Waals surface area (Å²) in [6.45, 7) is 5.51. The molecule has 2 aliphatic heterocycles. The Bertz CT molecular complexity index is 812. The quantitative estimate of drug-likeness (QED) is 0.305. The Kier molecular flexibility index (Phi) is 6.80. The number of amides is 2. The molecule has 176 valence electrons. The zero-order valence-electron chi connectivity index (χ0n) is 18.2. The molecule has 0 unspecified atom stereocenters. The van der Waals surface area contributed by atoms with Gasteiger partial charge in [0.1, 0.15) is 6.10 Å². The van der Waals surface area contributed by atoms with Crippen LogP contribution in [0, 0.1) is 23.7 Å². The van der Waals surface area contributed by atoms with Crippen molar-refractivity contribution in [1.82, 2.24) is 4.90 Å². The van der Waals surface area contributed by atoms with Crippen LogP contribution < -0.4 is 0 Å². The van der Waals surface area contributed by atoms with Crippen molar-refractivity contribution in [3.63, 3.8) is 0 Å². The molecule has 1 saturated heterocycles. The van der Waals surface area contributed by atoms with E-state index < -0.39 is 42.2 Å². The number of imide groups is 1. The van der Waals surface area contributed by atoms with Crippen molar-refractivity contribution in [1.29, 1.82) is 0 Å². The van der Waals surface area contributed by atoms with Crippen LogP contribution in [0.25, 0.3) is 0 Å². The van der Waals surface area contributed by atoms with E-state index in [9.17, 15) is 24.9 Å². The lowest BCUT2D eigenvalue weighted by Crippen LogP contribution is -2.54. The molecule has 0 aromatic carbocycles. The molecule has 2 heterocycles. The van der Waals surface area contributed by atoms with Crippen molar-refractivity contribution in [3.8, 4) is 0 Å². The smallest absolute Gasteiger partial charge is 0.233 e. The first kappa shape index (κ1) is 23.1. The van der Waals surface area contributed by atoms with Gasteiger partial charge in [0.15, 0.2) is 6.10 Å². The second-order valence-electron chi connectivity index (χ2n) is 9.03. The van der Waals surface area contributed by atoms with Gasteiger partial charge in [0, 0.05) is 24.8 Å². The van der Waals surface area contributed by atoms with E-state index in [1.165, 1.54) is 4.90 Å². The topological polar surface area (TPSA) is 129 Å². The van der Waals surface area contributed by atoms with Crippen LogP contribution in [0.4, 0.5) is 0 Å². The Hall–Kier alpha value is -2.07. The number of nitrogens with zero attached hydrogens (tertiary/aromatic N) is 2. The molecule has 4 rings (SSSR count). The highest BCUT2D eigenvalue weighted by atomic mass is 16.7. The fourth-order valence-electron chi connectivity index (χ4n) is 5.73. The molecule has 3 fully saturated rings. The van der Waals surface area contributed by atoms with Crippen molar-refractivity contribution in [2.75, 3.05) is 13.2 Å². The summed E-state index contributed by atoms with van der Waals surface area (Å²) in [6.07, 6.45) is 3.65. The van der Waals surface area contributed by atoms with Crippen LogP contribution in [-0.4, -0.2) is 81.4 Å². The molecule has 2 aliphatic carbocycles. The van der Waals surface area contributed by atoms with E-state index in [1.807, 2.05) is 6.08 Å². The van der Waals surface area contributed by atoms with Gasteiger partial charge in [-0.2, -0.15) is 0 Å². The fraction of sp³-hybridized carbons (Fsp3) is 0.696. The molecule has 9 atom stereocenters. The SMILES string of the molecule is C=CC[C@@H]1C=C[C@H](ON=C2C[C@@H](O)[C@@H](O)[C@@H]3[C@@H]4C(=O)N(CC)C(=O)[C@@H]4CC[C@@H]23)[C@@H](CO)O1. The van der Waals surface area contributed by atoms with Crippen molar-refractivity contribution in [2.45, 2.75) is 63.1 Å². The van der Waals surface area contributed by atoms with Crippen LogP contribution in [0.2, 0.25) is 0 Å². The van der Waals surface area contributed by atoms with Gasteiger partial charge in [-0.25, -0.2) is 0 Å². The van der Waals surface area contributed by atoms with Gasteiger partial charge < -0.3 is 24.9 Å². The number of hydrogen-bond acceptors (Lipinski definition) is 8. The maximum absolute atomic E-state index is 12.9. The lowest BCUT2D eigenvalue weighted by atomic mass is 9.60. The summed E-state index contributed by atoms with van der Waals surface area (Å²) in [5.41, 5.74) is 0.569. The molecule has 2 saturated carbocycles. The summed E-state index contributed by atoms with van der Waals surface area (Å²) >= 11 is 0. The maximum atomic E-state index is 12.9. The molecule has 0 radical (unpaired) electrons. The highest BCUT2D eigenvalue weighted by Gasteiger charge is 2.59. The van der Waals surface area contributed by atoms with E-state index in [0.29, 0.717) is 31.5 Å². The molecule has 4 aliphatic rings. The Morgan fingerprint density at radius 3 is 2.69 bits per heavy atom. The summed E-state index contributed by atoms with van der Waals surface area (Å²) in [4.78, 5) is 32.6. The van der Waals surface area contributed by atoms with Gasteiger partial charge in [-0.15, -0.1) is 6.58 Å². The third kappa shape index (κ3) is 3.91. The number of oxime groups is 1. The van der Waals surface area contributed by atoms with Crippen LogP contribution in [0.15, 0.2) is 30.0 Å². The predicted molar refractivity (Wildman–Crippen MR) is 114 cm³/mol. The largest absolute Gasteiger partial charge is 0.394 e. The molecule has 32 heavy (non-hydrogen) atoms. The van der Waals surface area contributed by atoms with E-state index >= 15 is 0 Å². The number of fused-ring (bicyclic) bond motifs is 3. The Balaban J connectivity index is 1.55. The third-order valence-electron chi connectivity index (χ3n) is 7.29. The monoisotopic (exact) mass is 448 g/mol. The van der Waals surface area contributed by atoms with E-state index in [-0.39, 0.29) is 36.9 Å². The van der Waals surface area contributed by atoms with Gasteiger partial charge in [-0.3, -0.25) is 14.5 Å². The van der Waals surface area contributed by atoms with Gasteiger partial charge >= 0.3 is 0 Å². The molecular formula is C23H32N2O7. The summed E-state index contributed by atoms with van der Waals surface area (Å²) in [6, 6.07) is 0.